The number of Topliss-reactive ketones (excluding diaryl/α,β-unsaturated/α-hetero) is 1. The molecule has 0 saturated carbocycles. The quantitative estimate of drug-likeness (QED) is 0.220. The molecule has 0 radical (unpaired) electrons. The van der Waals surface area contributed by atoms with Gasteiger partial charge in [0.15, 0.2) is 5.78 Å². The zero-order chi connectivity index (χ0) is 23.5. The van der Waals surface area contributed by atoms with Gasteiger partial charge >= 0.3 is 29.6 Å². The Morgan fingerprint density at radius 1 is 0.912 bits per heavy atom. The second-order valence-corrected chi connectivity index (χ2v) is 8.57. The summed E-state index contributed by atoms with van der Waals surface area (Å²) in [6, 6.07) is 19.8. The molecule has 34 heavy (non-hydrogen) atoms. The summed E-state index contributed by atoms with van der Waals surface area (Å²) in [5.41, 5.74) is 4.87. The van der Waals surface area contributed by atoms with Gasteiger partial charge in [0, 0.05) is 42.9 Å². The van der Waals surface area contributed by atoms with Crippen molar-refractivity contribution in [2.75, 3.05) is 19.0 Å². The standard InChI is InChI=1S/C26H23N3O3S.Na/c1-16-7-9-18(10-8-16)25(30)21(14-17-5-4-6-20(13-17)29(2)3)24(26(31)32)19-11-12-22-23(15-19)28-33-27-22;/h4-13,15H,14H2,1-3H3,(H,31,32);/q;+1/p-1/b24-21+;. The number of hydrogen-bond donors (Lipinski definition) is 0. The maximum Gasteiger partial charge on any atom is 1.00 e. The molecule has 0 aliphatic carbocycles. The molecule has 4 rings (SSSR count). The molecule has 0 saturated heterocycles. The first-order chi connectivity index (χ1) is 15.8. The number of carboxylic acid groups (broad SMARTS) is 1. The number of carbonyl (C=O) groups excluding carboxylic acids is 2. The number of hydrogen-bond acceptors (Lipinski definition) is 7. The normalized spacial score (nSPS) is 11.5. The van der Waals surface area contributed by atoms with Crippen LogP contribution >= 0.6 is 11.7 Å². The predicted octanol–water partition coefficient (Wildman–Crippen LogP) is 0.699. The van der Waals surface area contributed by atoms with Crippen molar-refractivity contribution in [2.45, 2.75) is 13.3 Å². The van der Waals surface area contributed by atoms with Crippen LogP contribution in [-0.4, -0.2) is 34.6 Å². The van der Waals surface area contributed by atoms with E-state index >= 15 is 0 Å². The maximum atomic E-state index is 13.6. The summed E-state index contributed by atoms with van der Waals surface area (Å²) >= 11 is 1.05. The van der Waals surface area contributed by atoms with Gasteiger partial charge in [-0.25, -0.2) is 0 Å². The van der Waals surface area contributed by atoms with Crippen LogP contribution in [0.2, 0.25) is 0 Å². The van der Waals surface area contributed by atoms with Crippen molar-refractivity contribution in [2.24, 2.45) is 0 Å². The van der Waals surface area contributed by atoms with Gasteiger partial charge in [-0.1, -0.05) is 48.0 Å². The molecule has 3 aromatic carbocycles. The van der Waals surface area contributed by atoms with Gasteiger partial charge in [0.2, 0.25) is 0 Å². The molecule has 0 atom stereocenters. The summed E-state index contributed by atoms with van der Waals surface area (Å²) in [5, 5.41) is 12.4. The second-order valence-electron chi connectivity index (χ2n) is 8.04. The molecule has 0 fully saturated rings. The monoisotopic (exact) mass is 479 g/mol. The fraction of sp³-hybridized carbons (Fsp3) is 0.154. The number of carboxylic acids is 1. The summed E-state index contributed by atoms with van der Waals surface area (Å²) in [6.45, 7) is 1.93. The average molecular weight is 480 g/mol. The van der Waals surface area contributed by atoms with Crippen LogP contribution in [-0.2, 0) is 11.2 Å². The number of aromatic nitrogens is 2. The van der Waals surface area contributed by atoms with Crippen LogP contribution in [0.4, 0.5) is 5.69 Å². The van der Waals surface area contributed by atoms with E-state index in [2.05, 4.69) is 8.75 Å². The van der Waals surface area contributed by atoms with E-state index in [1.54, 1.807) is 30.3 Å². The van der Waals surface area contributed by atoms with E-state index in [0.717, 1.165) is 28.5 Å². The van der Waals surface area contributed by atoms with Gasteiger partial charge in [-0.15, -0.1) is 0 Å². The van der Waals surface area contributed by atoms with Crippen molar-refractivity contribution >= 4 is 45.8 Å². The number of carbonyl (C=O) groups is 2. The minimum atomic E-state index is -1.41. The molecule has 8 heteroatoms. The van der Waals surface area contributed by atoms with E-state index in [0.29, 0.717) is 22.2 Å². The number of aliphatic carboxylic acids is 1. The molecule has 1 aromatic heterocycles. The third-order valence-corrected chi connectivity index (χ3v) is 6.00. The fourth-order valence-electron chi connectivity index (χ4n) is 3.66. The Balaban J connectivity index is 0.00000324. The van der Waals surface area contributed by atoms with Gasteiger partial charge in [0.05, 0.1) is 17.7 Å². The van der Waals surface area contributed by atoms with Crippen LogP contribution < -0.4 is 39.6 Å². The number of ketones is 1. The Kier molecular flexibility index (Phi) is 8.38. The molecule has 166 valence electrons. The van der Waals surface area contributed by atoms with Crippen LogP contribution in [0, 0.1) is 6.92 Å². The number of rotatable bonds is 7. The Bertz CT molecular complexity index is 1380. The first-order valence-corrected chi connectivity index (χ1v) is 11.1. The first-order valence-electron chi connectivity index (χ1n) is 10.4. The van der Waals surface area contributed by atoms with E-state index in [9.17, 15) is 14.7 Å². The molecule has 0 N–H and O–H groups in total. The molecule has 0 spiro atoms. The number of benzene rings is 3. The number of nitrogens with zero attached hydrogens (tertiary/aromatic N) is 3. The number of allylic oxidation sites excluding steroid dienone is 1. The second kappa shape index (κ2) is 11.1. The molecule has 4 aromatic rings. The van der Waals surface area contributed by atoms with Crippen LogP contribution in [0.3, 0.4) is 0 Å². The van der Waals surface area contributed by atoms with Crippen LogP contribution in [0.5, 0.6) is 0 Å². The van der Waals surface area contributed by atoms with Crippen molar-refractivity contribution in [3.05, 3.63) is 94.6 Å². The smallest absolute Gasteiger partial charge is 0.545 e. The third kappa shape index (κ3) is 5.62. The molecule has 0 bridgehead atoms. The Morgan fingerprint density at radius 2 is 1.59 bits per heavy atom. The number of aryl methyl sites for hydroxylation is 1. The molecule has 0 amide bonds. The zero-order valence-electron chi connectivity index (χ0n) is 19.5. The van der Waals surface area contributed by atoms with E-state index in [-0.39, 0.29) is 52.9 Å². The zero-order valence-corrected chi connectivity index (χ0v) is 22.3. The third-order valence-electron chi connectivity index (χ3n) is 5.44. The van der Waals surface area contributed by atoms with Crippen molar-refractivity contribution in [1.82, 2.24) is 8.75 Å². The van der Waals surface area contributed by atoms with Gasteiger partial charge < -0.3 is 14.8 Å². The van der Waals surface area contributed by atoms with E-state index in [1.807, 2.05) is 62.3 Å². The van der Waals surface area contributed by atoms with Gasteiger partial charge in [0.25, 0.3) is 0 Å². The van der Waals surface area contributed by atoms with Gasteiger partial charge in [-0.3, -0.25) is 4.79 Å². The summed E-state index contributed by atoms with van der Waals surface area (Å²) in [5.74, 6) is -1.75. The fourth-order valence-corrected chi connectivity index (χ4v) is 4.18. The van der Waals surface area contributed by atoms with Gasteiger partial charge in [0.1, 0.15) is 11.0 Å². The van der Waals surface area contributed by atoms with Crippen molar-refractivity contribution in [3.8, 4) is 0 Å². The molecular formula is C26H22N3NaO3S. The predicted molar refractivity (Wildman–Crippen MR) is 129 cm³/mol. The summed E-state index contributed by atoms with van der Waals surface area (Å²) in [7, 11) is 3.86. The maximum absolute atomic E-state index is 13.6. The minimum Gasteiger partial charge on any atom is -0.545 e. The van der Waals surface area contributed by atoms with Gasteiger partial charge in [-0.05, 0) is 42.3 Å². The summed E-state index contributed by atoms with van der Waals surface area (Å²) < 4.78 is 8.39. The summed E-state index contributed by atoms with van der Waals surface area (Å²) in [4.78, 5) is 28.0. The number of fused-ring (bicyclic) bond motifs is 1. The Hall–Kier alpha value is -2.84. The molecule has 0 aliphatic rings. The number of anilines is 1. The van der Waals surface area contributed by atoms with E-state index in [1.165, 1.54) is 0 Å². The van der Waals surface area contributed by atoms with Gasteiger partial charge in [-0.2, -0.15) is 8.75 Å². The summed E-state index contributed by atoms with van der Waals surface area (Å²) in [6.07, 6.45) is 0.144. The van der Waals surface area contributed by atoms with E-state index < -0.39 is 5.97 Å². The minimum absolute atomic E-state index is 0. The molecule has 0 aliphatic heterocycles. The SMILES string of the molecule is Cc1ccc(C(=O)/C(Cc2cccc(N(C)C)c2)=C(/C(=O)[O-])c2ccc3nsnc3c2)cc1.[Na+]. The molecule has 6 nitrogen and oxygen atoms in total. The first kappa shape index (κ1) is 25.8. The van der Waals surface area contributed by atoms with Crippen molar-refractivity contribution in [1.29, 1.82) is 0 Å². The van der Waals surface area contributed by atoms with Crippen LogP contribution in [0.15, 0.2) is 72.3 Å². The largest absolute Gasteiger partial charge is 1.00 e. The van der Waals surface area contributed by atoms with Crippen LogP contribution in [0.1, 0.15) is 27.0 Å². The van der Waals surface area contributed by atoms with Crippen LogP contribution in [0.25, 0.3) is 16.6 Å². The average Bonchev–Trinajstić information content (AvgIpc) is 3.27. The van der Waals surface area contributed by atoms with E-state index in [4.69, 9.17) is 0 Å². The molecule has 0 unspecified atom stereocenters. The molecule has 1 heterocycles. The Labute approximate surface area is 224 Å². The Morgan fingerprint density at radius 3 is 2.26 bits per heavy atom. The molecular weight excluding hydrogens is 457 g/mol. The van der Waals surface area contributed by atoms with Crippen molar-refractivity contribution in [3.63, 3.8) is 0 Å². The van der Waals surface area contributed by atoms with Crippen molar-refractivity contribution < 1.29 is 44.3 Å². The topological polar surface area (TPSA) is 86.2 Å².